The number of ether oxygens (including phenoxy) is 1. The van der Waals surface area contributed by atoms with Gasteiger partial charge in [-0.2, -0.15) is 0 Å². The largest absolute Gasteiger partial charge is 0.449 e. The highest BCUT2D eigenvalue weighted by Gasteiger charge is 2.22. The van der Waals surface area contributed by atoms with Gasteiger partial charge in [-0.1, -0.05) is 19.1 Å². The number of carbonyl (C=O) groups excluding carboxylic acids is 2. The fourth-order valence-electron chi connectivity index (χ4n) is 4.29. The lowest BCUT2D eigenvalue weighted by atomic mass is 9.93. The number of fused-ring (bicyclic) bond motifs is 1. The lowest BCUT2D eigenvalue weighted by Gasteiger charge is -2.26. The molecule has 0 saturated heterocycles. The number of nitrogens with zero attached hydrogens (tertiary/aromatic N) is 4. The molecule has 2 heterocycles. The summed E-state index contributed by atoms with van der Waals surface area (Å²) in [4.78, 5) is 40.2. The third-order valence-corrected chi connectivity index (χ3v) is 6.51. The minimum Gasteiger partial charge on any atom is -0.449 e. The van der Waals surface area contributed by atoms with Crippen LogP contribution in [0.1, 0.15) is 56.8 Å². The molecule has 2 amide bonds. The van der Waals surface area contributed by atoms with Crippen molar-refractivity contribution in [1.29, 1.82) is 0 Å². The van der Waals surface area contributed by atoms with Crippen LogP contribution in [-0.2, 0) is 16.1 Å². The van der Waals surface area contributed by atoms with E-state index in [-0.39, 0.29) is 37.6 Å². The zero-order valence-corrected chi connectivity index (χ0v) is 21.3. The lowest BCUT2D eigenvalue weighted by molar-refractivity contribution is -0.127. The Morgan fingerprint density at radius 2 is 1.95 bits per heavy atom. The van der Waals surface area contributed by atoms with Crippen molar-refractivity contribution in [3.63, 3.8) is 0 Å². The second-order valence-corrected chi connectivity index (χ2v) is 9.37. The minimum atomic E-state index is -0.383. The Morgan fingerprint density at radius 1 is 1.16 bits per heavy atom. The highest BCUT2D eigenvalue weighted by molar-refractivity contribution is 6.05. The summed E-state index contributed by atoms with van der Waals surface area (Å²) in [5.41, 5.74) is 15.7. The van der Waals surface area contributed by atoms with Crippen LogP contribution in [0.5, 0.6) is 0 Å². The highest BCUT2D eigenvalue weighted by atomic mass is 16.5. The van der Waals surface area contributed by atoms with Gasteiger partial charge in [-0.3, -0.25) is 4.79 Å². The average molecular weight is 506 g/mol. The van der Waals surface area contributed by atoms with Gasteiger partial charge >= 0.3 is 6.09 Å². The Hall–Kier alpha value is -3.79. The Labute approximate surface area is 217 Å². The quantitative estimate of drug-likeness (QED) is 0.420. The second kappa shape index (κ2) is 12.4. The van der Waals surface area contributed by atoms with Gasteiger partial charge in [-0.05, 0) is 49.8 Å². The maximum absolute atomic E-state index is 13.5. The first kappa shape index (κ1) is 26.3. The third kappa shape index (κ3) is 6.91. The third-order valence-electron chi connectivity index (χ3n) is 6.51. The predicted octanol–water partition coefficient (Wildman–Crippen LogP) is 3.29. The van der Waals surface area contributed by atoms with Gasteiger partial charge < -0.3 is 26.4 Å². The molecule has 0 unspecified atom stereocenters. The molecular formula is C27H35N7O3. The smallest absolute Gasteiger partial charge is 0.407 e. The molecule has 1 aromatic carbocycles. The van der Waals surface area contributed by atoms with Crippen LogP contribution in [-0.4, -0.2) is 58.4 Å². The van der Waals surface area contributed by atoms with Crippen molar-refractivity contribution in [1.82, 2.24) is 20.2 Å². The molecule has 1 saturated carbocycles. The Morgan fingerprint density at radius 3 is 2.62 bits per heavy atom. The number of hydrogen-bond donors (Lipinski definition) is 3. The molecule has 1 fully saturated rings. The van der Waals surface area contributed by atoms with Crippen molar-refractivity contribution in [2.45, 2.75) is 58.0 Å². The molecule has 196 valence electrons. The first-order chi connectivity index (χ1) is 18.0. The molecule has 0 spiro atoms. The molecule has 0 radical (unpaired) electrons. The summed E-state index contributed by atoms with van der Waals surface area (Å²) in [5.74, 6) is 0.867. The van der Waals surface area contributed by atoms with Crippen LogP contribution in [0.15, 0.2) is 41.2 Å². The van der Waals surface area contributed by atoms with E-state index < -0.39 is 0 Å². The molecule has 1 aliphatic heterocycles. The fourth-order valence-corrected chi connectivity index (χ4v) is 4.29. The van der Waals surface area contributed by atoms with E-state index in [9.17, 15) is 9.59 Å². The van der Waals surface area contributed by atoms with Crippen molar-refractivity contribution in [3.05, 3.63) is 47.6 Å². The number of amides is 2. The molecule has 10 heteroatoms. The van der Waals surface area contributed by atoms with Gasteiger partial charge in [0.1, 0.15) is 11.7 Å². The standard InChI is InChI=1S/C27H35N7O3/c1-2-9-34(10-4-11-37-27(36)32-22-5-3-6-22)26(35)20-12-19-8-7-18(13-23(19)33-24(29)14-20)21-16-30-25(15-28)31-17-21/h7-8,12-13,16-17,22H,2-6,9-11,14-15,28H2,1H3,(H2,29,33)(H,32,36). The molecule has 37 heavy (non-hydrogen) atoms. The predicted molar refractivity (Wildman–Crippen MR) is 143 cm³/mol. The molecule has 2 aliphatic rings. The number of aliphatic imine (C=N–C) groups is 1. The lowest BCUT2D eigenvalue weighted by Crippen LogP contribution is -2.40. The molecule has 4 rings (SSSR count). The molecule has 1 aromatic heterocycles. The van der Waals surface area contributed by atoms with Crippen LogP contribution in [0.3, 0.4) is 0 Å². The van der Waals surface area contributed by atoms with Crippen LogP contribution in [0.25, 0.3) is 17.2 Å². The van der Waals surface area contributed by atoms with Crippen molar-refractivity contribution < 1.29 is 14.3 Å². The summed E-state index contributed by atoms with van der Waals surface area (Å²) >= 11 is 0. The van der Waals surface area contributed by atoms with Crippen molar-refractivity contribution >= 4 is 29.6 Å². The molecule has 1 aliphatic carbocycles. The van der Waals surface area contributed by atoms with Crippen molar-refractivity contribution in [2.75, 3.05) is 19.7 Å². The van der Waals surface area contributed by atoms with Crippen LogP contribution >= 0.6 is 0 Å². The van der Waals surface area contributed by atoms with Crippen LogP contribution in [0.4, 0.5) is 10.5 Å². The summed E-state index contributed by atoms with van der Waals surface area (Å²) in [6, 6.07) is 6.03. The van der Waals surface area contributed by atoms with E-state index in [1.54, 1.807) is 17.3 Å². The summed E-state index contributed by atoms with van der Waals surface area (Å²) in [6.07, 6.45) is 9.75. The zero-order valence-electron chi connectivity index (χ0n) is 21.3. The molecule has 0 bridgehead atoms. The fraction of sp³-hybridized carbons (Fsp3) is 0.444. The highest BCUT2D eigenvalue weighted by Crippen LogP contribution is 2.31. The Bertz CT molecular complexity index is 1170. The summed E-state index contributed by atoms with van der Waals surface area (Å²) in [7, 11) is 0. The number of rotatable bonds is 10. The van der Waals surface area contributed by atoms with Crippen LogP contribution in [0.2, 0.25) is 0 Å². The Balaban J connectivity index is 1.43. The van der Waals surface area contributed by atoms with Gasteiger partial charge in [0, 0.05) is 54.6 Å². The summed E-state index contributed by atoms with van der Waals surface area (Å²) in [6.45, 7) is 3.66. The summed E-state index contributed by atoms with van der Waals surface area (Å²) < 4.78 is 5.29. The number of nitrogens with two attached hydrogens (primary N) is 2. The normalized spacial score (nSPS) is 15.0. The minimum absolute atomic E-state index is 0.0818. The van der Waals surface area contributed by atoms with Gasteiger partial charge in [0.25, 0.3) is 0 Å². The number of hydrogen-bond acceptors (Lipinski definition) is 8. The number of amidine groups is 1. The first-order valence-electron chi connectivity index (χ1n) is 12.9. The monoisotopic (exact) mass is 505 g/mol. The van der Waals surface area contributed by atoms with Gasteiger partial charge in [0.15, 0.2) is 0 Å². The molecule has 5 N–H and O–H groups in total. The van der Waals surface area contributed by atoms with E-state index in [0.717, 1.165) is 42.4 Å². The van der Waals surface area contributed by atoms with Crippen LogP contribution in [0, 0.1) is 0 Å². The van der Waals surface area contributed by atoms with Gasteiger partial charge in [-0.15, -0.1) is 0 Å². The number of benzene rings is 1. The maximum Gasteiger partial charge on any atom is 0.407 e. The SMILES string of the molecule is CCCN(CCCOC(=O)NC1CCC1)C(=O)C1=Cc2ccc(-c3cnc(CN)nc3)cc2N=C(N)C1. The zero-order chi connectivity index (χ0) is 26.2. The van der Waals surface area contributed by atoms with E-state index in [1.165, 1.54) is 0 Å². The van der Waals surface area contributed by atoms with E-state index in [0.29, 0.717) is 42.4 Å². The number of aromatic nitrogens is 2. The number of carbonyl (C=O) groups is 2. The summed E-state index contributed by atoms with van der Waals surface area (Å²) in [5, 5.41) is 2.85. The van der Waals surface area contributed by atoms with E-state index in [1.807, 2.05) is 31.2 Å². The second-order valence-electron chi connectivity index (χ2n) is 9.37. The maximum atomic E-state index is 13.5. The van der Waals surface area contributed by atoms with Gasteiger partial charge in [-0.25, -0.2) is 19.8 Å². The van der Waals surface area contributed by atoms with Crippen molar-refractivity contribution in [2.24, 2.45) is 16.5 Å². The molecular weight excluding hydrogens is 470 g/mol. The number of alkyl carbamates (subject to hydrolysis) is 1. The molecule has 10 nitrogen and oxygen atoms in total. The topological polar surface area (TPSA) is 149 Å². The molecule has 0 atom stereocenters. The average Bonchev–Trinajstić information content (AvgIpc) is 3.05. The van der Waals surface area contributed by atoms with E-state index >= 15 is 0 Å². The number of nitrogens with one attached hydrogen (secondary N) is 1. The first-order valence-corrected chi connectivity index (χ1v) is 12.9. The van der Waals surface area contributed by atoms with E-state index in [2.05, 4.69) is 20.3 Å². The van der Waals surface area contributed by atoms with Crippen LogP contribution < -0.4 is 16.8 Å². The Kier molecular flexibility index (Phi) is 8.84. The van der Waals surface area contributed by atoms with Gasteiger partial charge in [0.2, 0.25) is 5.91 Å². The van der Waals surface area contributed by atoms with Crippen molar-refractivity contribution in [3.8, 4) is 11.1 Å². The van der Waals surface area contributed by atoms with E-state index in [4.69, 9.17) is 16.2 Å². The molecule has 2 aromatic rings. The van der Waals surface area contributed by atoms with Gasteiger partial charge in [0.05, 0.1) is 18.8 Å².